The molecular formula is C14H15BrO2. The Labute approximate surface area is 109 Å². The normalized spacial score (nSPS) is 29.9. The van der Waals surface area contributed by atoms with Crippen LogP contribution in [-0.2, 0) is 0 Å². The summed E-state index contributed by atoms with van der Waals surface area (Å²) >= 11 is 3.46. The van der Waals surface area contributed by atoms with Gasteiger partial charge >= 0.3 is 0 Å². The van der Waals surface area contributed by atoms with Crippen LogP contribution in [0, 0.1) is 17.8 Å². The van der Waals surface area contributed by atoms with Gasteiger partial charge in [0.1, 0.15) is 5.75 Å². The molecule has 0 amide bonds. The van der Waals surface area contributed by atoms with Crippen LogP contribution in [0.3, 0.4) is 0 Å². The van der Waals surface area contributed by atoms with Crippen LogP contribution >= 0.6 is 15.9 Å². The van der Waals surface area contributed by atoms with Crippen molar-refractivity contribution in [3.05, 3.63) is 28.2 Å². The lowest BCUT2D eigenvalue weighted by molar-refractivity contribution is 0.0951. The van der Waals surface area contributed by atoms with Crippen molar-refractivity contribution in [3.8, 4) is 5.75 Å². The molecule has 0 aromatic heterocycles. The topological polar surface area (TPSA) is 26.3 Å². The van der Waals surface area contributed by atoms with Crippen LogP contribution in [0.25, 0.3) is 0 Å². The van der Waals surface area contributed by atoms with Crippen LogP contribution in [0.5, 0.6) is 5.75 Å². The molecule has 17 heavy (non-hydrogen) atoms. The smallest absolute Gasteiger partial charge is 0.167 e. The summed E-state index contributed by atoms with van der Waals surface area (Å²) in [5, 5.41) is 0. The summed E-state index contributed by atoms with van der Waals surface area (Å²) in [7, 11) is 1.63. The fourth-order valence-electron chi connectivity index (χ4n) is 3.21. The number of ketones is 1. The number of rotatable bonds is 3. The molecule has 3 rings (SSSR count). The summed E-state index contributed by atoms with van der Waals surface area (Å²) in [6.45, 7) is 0. The van der Waals surface area contributed by atoms with Gasteiger partial charge in [-0.3, -0.25) is 4.79 Å². The summed E-state index contributed by atoms with van der Waals surface area (Å²) in [6, 6.07) is 5.60. The fraction of sp³-hybridized carbons (Fsp3) is 0.500. The minimum absolute atomic E-state index is 0.299. The summed E-state index contributed by atoms with van der Waals surface area (Å²) in [6.07, 6.45) is 3.80. The standard InChI is InChI=1S/C14H15BrO2/c1-17-8-5-6-11(12(15)7-8)14(16)13-9-3-2-4-10(9)13/h5-7,9-10,13H,2-4H2,1H3. The highest BCUT2D eigenvalue weighted by Crippen LogP contribution is 2.58. The first kappa shape index (κ1) is 11.3. The van der Waals surface area contributed by atoms with E-state index in [4.69, 9.17) is 4.74 Å². The van der Waals surface area contributed by atoms with Gasteiger partial charge in [-0.2, -0.15) is 0 Å². The molecule has 3 heteroatoms. The Morgan fingerprint density at radius 2 is 2.06 bits per heavy atom. The number of hydrogen-bond donors (Lipinski definition) is 0. The first-order chi connectivity index (χ1) is 8.22. The largest absolute Gasteiger partial charge is 0.497 e. The first-order valence-corrected chi connectivity index (χ1v) is 6.89. The van der Waals surface area contributed by atoms with E-state index in [0.717, 1.165) is 15.8 Å². The van der Waals surface area contributed by atoms with Gasteiger partial charge in [-0.15, -0.1) is 0 Å². The van der Waals surface area contributed by atoms with E-state index in [-0.39, 0.29) is 0 Å². The van der Waals surface area contributed by atoms with Crippen molar-refractivity contribution in [1.29, 1.82) is 0 Å². The Balaban J connectivity index is 1.82. The zero-order chi connectivity index (χ0) is 12.0. The Morgan fingerprint density at radius 3 is 2.65 bits per heavy atom. The maximum Gasteiger partial charge on any atom is 0.167 e. The Bertz CT molecular complexity index is 459. The molecule has 0 bridgehead atoms. The van der Waals surface area contributed by atoms with Crippen LogP contribution < -0.4 is 4.74 Å². The predicted octanol–water partition coefficient (Wildman–Crippen LogP) is 3.69. The highest BCUT2D eigenvalue weighted by Gasteiger charge is 2.56. The maximum atomic E-state index is 12.4. The van der Waals surface area contributed by atoms with Crippen LogP contribution in [0.2, 0.25) is 0 Å². The summed E-state index contributed by atoms with van der Waals surface area (Å²) < 4.78 is 5.99. The number of fused-ring (bicyclic) bond motifs is 1. The minimum atomic E-state index is 0.299. The summed E-state index contributed by atoms with van der Waals surface area (Å²) in [4.78, 5) is 12.4. The third-order valence-electron chi connectivity index (χ3n) is 4.15. The lowest BCUT2D eigenvalue weighted by Crippen LogP contribution is -2.07. The van der Waals surface area contributed by atoms with Gasteiger partial charge in [-0.25, -0.2) is 0 Å². The maximum absolute atomic E-state index is 12.4. The molecule has 90 valence electrons. The van der Waals surface area contributed by atoms with E-state index in [1.165, 1.54) is 19.3 Å². The van der Waals surface area contributed by atoms with Gasteiger partial charge in [0.05, 0.1) is 7.11 Å². The summed E-state index contributed by atoms with van der Waals surface area (Å²) in [5.41, 5.74) is 0.810. The van der Waals surface area contributed by atoms with Crippen LogP contribution in [0.15, 0.2) is 22.7 Å². The third-order valence-corrected chi connectivity index (χ3v) is 4.81. The first-order valence-electron chi connectivity index (χ1n) is 6.10. The van der Waals surface area contributed by atoms with Gasteiger partial charge in [0.25, 0.3) is 0 Å². The molecule has 0 radical (unpaired) electrons. The van der Waals surface area contributed by atoms with Gasteiger partial charge in [0, 0.05) is 16.0 Å². The van der Waals surface area contributed by atoms with Crippen molar-refractivity contribution in [2.75, 3.05) is 7.11 Å². The van der Waals surface area contributed by atoms with Crippen molar-refractivity contribution in [3.63, 3.8) is 0 Å². The lowest BCUT2D eigenvalue weighted by Gasteiger charge is -2.07. The number of Topliss-reactive ketones (excluding diaryl/α,β-unsaturated/α-hetero) is 1. The number of ether oxygens (including phenoxy) is 1. The molecule has 2 fully saturated rings. The SMILES string of the molecule is COc1ccc(C(=O)C2C3CCCC32)c(Br)c1. The third kappa shape index (κ3) is 1.81. The Morgan fingerprint density at radius 1 is 1.35 bits per heavy atom. The highest BCUT2D eigenvalue weighted by atomic mass is 79.9. The van der Waals surface area contributed by atoms with Crippen LogP contribution in [-0.4, -0.2) is 12.9 Å². The average molecular weight is 295 g/mol. The minimum Gasteiger partial charge on any atom is -0.497 e. The van der Waals surface area contributed by atoms with Crippen molar-refractivity contribution in [2.45, 2.75) is 19.3 Å². The number of halogens is 1. The van der Waals surface area contributed by atoms with E-state index < -0.39 is 0 Å². The molecule has 2 saturated carbocycles. The highest BCUT2D eigenvalue weighted by molar-refractivity contribution is 9.10. The molecule has 0 aliphatic heterocycles. The van der Waals surface area contributed by atoms with E-state index in [0.29, 0.717) is 23.5 Å². The number of methoxy groups -OCH3 is 1. The predicted molar refractivity (Wildman–Crippen MR) is 69.3 cm³/mol. The van der Waals surface area contributed by atoms with Crippen molar-refractivity contribution >= 4 is 21.7 Å². The van der Waals surface area contributed by atoms with Crippen molar-refractivity contribution in [2.24, 2.45) is 17.8 Å². The van der Waals surface area contributed by atoms with Crippen LogP contribution in [0.4, 0.5) is 0 Å². The Hall–Kier alpha value is -0.830. The molecule has 2 atom stereocenters. The van der Waals surface area contributed by atoms with Crippen molar-refractivity contribution in [1.82, 2.24) is 0 Å². The second-order valence-electron chi connectivity index (χ2n) is 4.99. The average Bonchev–Trinajstić information content (AvgIpc) is 2.81. The van der Waals surface area contributed by atoms with E-state index >= 15 is 0 Å². The second kappa shape index (κ2) is 4.13. The number of carbonyl (C=O) groups excluding carboxylic acids is 1. The Kier molecular flexibility index (Phi) is 2.74. The molecule has 0 heterocycles. The van der Waals surface area contributed by atoms with E-state index in [1.807, 2.05) is 18.2 Å². The molecule has 2 aliphatic carbocycles. The van der Waals surface area contributed by atoms with E-state index in [1.54, 1.807) is 7.11 Å². The van der Waals surface area contributed by atoms with Gasteiger partial charge in [-0.1, -0.05) is 6.42 Å². The molecule has 0 N–H and O–H groups in total. The molecule has 2 nitrogen and oxygen atoms in total. The zero-order valence-corrected chi connectivity index (χ0v) is 11.4. The van der Waals surface area contributed by atoms with Gasteiger partial charge in [0.2, 0.25) is 0 Å². The molecule has 1 aromatic carbocycles. The molecule has 1 aromatic rings. The zero-order valence-electron chi connectivity index (χ0n) is 9.78. The second-order valence-corrected chi connectivity index (χ2v) is 5.85. The van der Waals surface area contributed by atoms with Gasteiger partial charge in [0.15, 0.2) is 5.78 Å². The molecule has 0 spiro atoms. The molecule has 0 saturated heterocycles. The van der Waals surface area contributed by atoms with Gasteiger partial charge in [-0.05, 0) is 58.8 Å². The summed E-state index contributed by atoms with van der Waals surface area (Å²) in [5.74, 6) is 2.75. The molecular weight excluding hydrogens is 280 g/mol. The molecule has 2 aliphatic rings. The lowest BCUT2D eigenvalue weighted by atomic mass is 10.0. The quantitative estimate of drug-likeness (QED) is 0.795. The number of hydrogen-bond acceptors (Lipinski definition) is 2. The van der Waals surface area contributed by atoms with E-state index in [2.05, 4.69) is 15.9 Å². The monoisotopic (exact) mass is 294 g/mol. The van der Waals surface area contributed by atoms with Crippen LogP contribution in [0.1, 0.15) is 29.6 Å². The molecule has 2 unspecified atom stereocenters. The number of benzene rings is 1. The van der Waals surface area contributed by atoms with Gasteiger partial charge < -0.3 is 4.74 Å². The van der Waals surface area contributed by atoms with Crippen molar-refractivity contribution < 1.29 is 9.53 Å². The van der Waals surface area contributed by atoms with E-state index in [9.17, 15) is 4.79 Å². The number of carbonyl (C=O) groups is 1. The fourth-order valence-corrected chi connectivity index (χ4v) is 3.77.